The summed E-state index contributed by atoms with van der Waals surface area (Å²) in [6, 6.07) is 5.25. The van der Waals surface area contributed by atoms with Crippen LogP contribution in [-0.2, 0) is 12.1 Å². The third-order valence-electron chi connectivity index (χ3n) is 3.89. The van der Waals surface area contributed by atoms with E-state index >= 15 is 0 Å². The predicted octanol–water partition coefficient (Wildman–Crippen LogP) is 1.53. The first-order valence-corrected chi connectivity index (χ1v) is 6.48. The average molecular weight is 269 g/mol. The molecule has 3 rings (SSSR count). The zero-order valence-corrected chi connectivity index (χ0v) is 11.2. The van der Waals surface area contributed by atoms with Gasteiger partial charge in [-0.3, -0.25) is 9.59 Å². The van der Waals surface area contributed by atoms with E-state index in [1.807, 2.05) is 6.07 Å². The van der Waals surface area contributed by atoms with Crippen molar-refractivity contribution < 1.29 is 9.59 Å². The smallest absolute Gasteiger partial charge is 0.203 e. The fourth-order valence-electron chi connectivity index (χ4n) is 2.64. The lowest BCUT2D eigenvalue weighted by atomic mass is 9.81. The summed E-state index contributed by atoms with van der Waals surface area (Å²) in [4.78, 5) is 28.2. The number of nitrogens with zero attached hydrogens (tertiary/aromatic N) is 2. The molecule has 1 aliphatic rings. The monoisotopic (exact) mass is 269 g/mol. The number of aryl methyl sites for hydroxylation is 1. The Hall–Kier alpha value is -2.27. The summed E-state index contributed by atoms with van der Waals surface area (Å²) in [6.45, 7) is 1.49. The highest BCUT2D eigenvalue weighted by molar-refractivity contribution is 6.06. The molecule has 1 aromatic heterocycles. The van der Waals surface area contributed by atoms with Gasteiger partial charge in [0, 0.05) is 23.5 Å². The quantitative estimate of drug-likeness (QED) is 0.838. The highest BCUT2D eigenvalue weighted by Gasteiger charge is 2.40. The molecule has 2 N–H and O–H groups in total. The second-order valence-corrected chi connectivity index (χ2v) is 5.15. The third-order valence-corrected chi connectivity index (χ3v) is 3.89. The fourth-order valence-corrected chi connectivity index (χ4v) is 2.64. The van der Waals surface area contributed by atoms with Crippen LogP contribution in [0.5, 0.6) is 0 Å². The third kappa shape index (κ3) is 1.78. The molecule has 0 saturated carbocycles. The van der Waals surface area contributed by atoms with Crippen LogP contribution in [0.3, 0.4) is 0 Å². The second-order valence-electron chi connectivity index (χ2n) is 5.15. The van der Waals surface area contributed by atoms with Crippen molar-refractivity contribution in [2.45, 2.75) is 25.4 Å². The maximum atomic E-state index is 12.7. The van der Waals surface area contributed by atoms with Crippen molar-refractivity contribution in [3.05, 3.63) is 53.6 Å². The fraction of sp³-hybridized carbons (Fsp3) is 0.267. The normalized spacial score (nSPS) is 21.6. The highest BCUT2D eigenvalue weighted by Crippen LogP contribution is 2.31. The molecule has 0 radical (unpaired) electrons. The number of carbonyl (C=O) groups excluding carboxylic acids is 2. The van der Waals surface area contributed by atoms with E-state index in [-0.39, 0.29) is 11.6 Å². The van der Waals surface area contributed by atoms with E-state index in [1.165, 1.54) is 6.92 Å². The molecule has 1 unspecified atom stereocenters. The number of carbonyl (C=O) groups is 2. The molecule has 5 nitrogen and oxygen atoms in total. The van der Waals surface area contributed by atoms with Crippen LogP contribution < -0.4 is 5.73 Å². The van der Waals surface area contributed by atoms with Gasteiger partial charge in [0.15, 0.2) is 11.4 Å². The van der Waals surface area contributed by atoms with Crippen LogP contribution in [0.2, 0.25) is 0 Å². The zero-order valence-electron chi connectivity index (χ0n) is 11.2. The van der Waals surface area contributed by atoms with Gasteiger partial charge in [-0.05, 0) is 31.4 Å². The minimum Gasteiger partial charge on any atom is -0.312 e. The Morgan fingerprint density at radius 3 is 2.90 bits per heavy atom. The average Bonchev–Trinajstić information content (AvgIpc) is 2.97. The lowest BCUT2D eigenvalue weighted by Gasteiger charge is -2.34. The van der Waals surface area contributed by atoms with Crippen LogP contribution in [0.1, 0.15) is 39.6 Å². The van der Waals surface area contributed by atoms with Crippen LogP contribution >= 0.6 is 0 Å². The maximum absolute atomic E-state index is 12.7. The number of hydrogen-bond donors (Lipinski definition) is 1. The molecule has 0 fully saturated rings. The summed E-state index contributed by atoms with van der Waals surface area (Å²) in [7, 11) is 0. The van der Waals surface area contributed by atoms with E-state index in [1.54, 1.807) is 35.4 Å². The molecule has 20 heavy (non-hydrogen) atoms. The molecule has 1 heterocycles. The number of nitrogens with two attached hydrogens (primary N) is 1. The van der Waals surface area contributed by atoms with E-state index in [9.17, 15) is 9.59 Å². The zero-order chi connectivity index (χ0) is 14.3. The lowest BCUT2D eigenvalue weighted by molar-refractivity contribution is 0.0779. The molecule has 0 amide bonds. The van der Waals surface area contributed by atoms with Crippen molar-refractivity contribution in [3.8, 4) is 0 Å². The van der Waals surface area contributed by atoms with Gasteiger partial charge in [0.1, 0.15) is 0 Å². The van der Waals surface area contributed by atoms with Crippen molar-refractivity contribution in [1.82, 2.24) is 9.55 Å². The summed E-state index contributed by atoms with van der Waals surface area (Å²) < 4.78 is 1.64. The van der Waals surface area contributed by atoms with Gasteiger partial charge in [-0.15, -0.1) is 0 Å². The van der Waals surface area contributed by atoms with Crippen LogP contribution in [0.4, 0.5) is 0 Å². The van der Waals surface area contributed by atoms with Gasteiger partial charge in [-0.25, -0.2) is 4.98 Å². The van der Waals surface area contributed by atoms with Gasteiger partial charge < -0.3 is 10.3 Å². The van der Waals surface area contributed by atoms with E-state index in [0.717, 1.165) is 5.56 Å². The summed E-state index contributed by atoms with van der Waals surface area (Å²) in [5.41, 5.74) is 7.21. The second kappa shape index (κ2) is 4.38. The minimum absolute atomic E-state index is 0.0589. The Bertz CT molecular complexity index is 691. The Labute approximate surface area is 116 Å². The summed E-state index contributed by atoms with van der Waals surface area (Å²) in [6.07, 6.45) is 6.07. The number of aromatic nitrogens is 2. The Balaban J connectivity index is 2.10. The maximum Gasteiger partial charge on any atom is 0.203 e. The van der Waals surface area contributed by atoms with Crippen LogP contribution in [0, 0.1) is 0 Å². The summed E-state index contributed by atoms with van der Waals surface area (Å²) >= 11 is 0. The highest BCUT2D eigenvalue weighted by atomic mass is 16.1. The van der Waals surface area contributed by atoms with E-state index in [4.69, 9.17) is 5.73 Å². The molecular weight excluding hydrogens is 254 g/mol. The molecule has 1 aliphatic carbocycles. The largest absolute Gasteiger partial charge is 0.312 e. The van der Waals surface area contributed by atoms with Crippen molar-refractivity contribution in [2.75, 3.05) is 0 Å². The van der Waals surface area contributed by atoms with Crippen LogP contribution in [-0.4, -0.2) is 21.1 Å². The first-order chi connectivity index (χ1) is 9.52. The van der Waals surface area contributed by atoms with Gasteiger partial charge in [0.2, 0.25) is 5.78 Å². The first-order valence-electron chi connectivity index (χ1n) is 6.48. The Kier molecular flexibility index (Phi) is 2.79. The summed E-state index contributed by atoms with van der Waals surface area (Å²) in [5.74, 6) is -0.226. The number of imidazole rings is 1. The first kappa shape index (κ1) is 12.7. The molecule has 1 aromatic carbocycles. The van der Waals surface area contributed by atoms with Crippen molar-refractivity contribution >= 4 is 11.6 Å². The number of rotatable bonds is 2. The molecular formula is C15H15N3O2. The van der Waals surface area contributed by atoms with E-state index < -0.39 is 5.66 Å². The van der Waals surface area contributed by atoms with Crippen molar-refractivity contribution in [2.24, 2.45) is 5.73 Å². The van der Waals surface area contributed by atoms with Gasteiger partial charge in [0.25, 0.3) is 0 Å². The van der Waals surface area contributed by atoms with E-state index in [0.29, 0.717) is 24.0 Å². The Morgan fingerprint density at radius 1 is 1.45 bits per heavy atom. The van der Waals surface area contributed by atoms with Crippen LogP contribution in [0.15, 0.2) is 36.9 Å². The molecule has 5 heteroatoms. The predicted molar refractivity (Wildman–Crippen MR) is 73.5 cm³/mol. The van der Waals surface area contributed by atoms with Gasteiger partial charge in [-0.2, -0.15) is 0 Å². The number of fused-ring (bicyclic) bond motifs is 1. The topological polar surface area (TPSA) is 78.0 Å². The SMILES string of the molecule is CC(=O)c1ccc2c(c1)C(=O)C(N)(n1ccnc1)CC2. The molecule has 0 aliphatic heterocycles. The van der Waals surface area contributed by atoms with Gasteiger partial charge in [-0.1, -0.05) is 12.1 Å². The van der Waals surface area contributed by atoms with Crippen molar-refractivity contribution in [1.29, 1.82) is 0 Å². The van der Waals surface area contributed by atoms with Crippen molar-refractivity contribution in [3.63, 3.8) is 0 Å². The molecule has 2 aromatic rings. The number of ketones is 2. The lowest BCUT2D eigenvalue weighted by Crippen LogP contribution is -2.52. The number of benzene rings is 1. The number of Topliss-reactive ketones (excluding diaryl/α,β-unsaturated/α-hetero) is 2. The van der Waals surface area contributed by atoms with E-state index in [2.05, 4.69) is 4.98 Å². The van der Waals surface area contributed by atoms with Gasteiger partial charge >= 0.3 is 0 Å². The summed E-state index contributed by atoms with van der Waals surface area (Å²) in [5, 5.41) is 0. The molecule has 0 saturated heterocycles. The Morgan fingerprint density at radius 2 is 2.25 bits per heavy atom. The molecule has 102 valence electrons. The molecule has 0 spiro atoms. The van der Waals surface area contributed by atoms with Crippen LogP contribution in [0.25, 0.3) is 0 Å². The molecule has 0 bridgehead atoms. The van der Waals surface area contributed by atoms with Gasteiger partial charge in [0.05, 0.1) is 6.33 Å². The number of hydrogen-bond acceptors (Lipinski definition) is 4. The minimum atomic E-state index is -1.11. The standard InChI is InChI=1S/C15H15N3O2/c1-10(19)12-3-2-11-4-5-15(16,14(20)13(11)8-12)18-7-6-17-9-18/h2-3,6-9H,4-5,16H2,1H3. The molecule has 1 atom stereocenters.